The van der Waals surface area contributed by atoms with Gasteiger partial charge in [0.25, 0.3) is 0 Å². The average molecular weight is 406 g/mol. The summed E-state index contributed by atoms with van der Waals surface area (Å²) in [7, 11) is 2.22. The number of hydrogen-bond donors (Lipinski definition) is 1. The van der Waals surface area contributed by atoms with E-state index in [-0.39, 0.29) is 0 Å². The number of para-hydroxylation sites is 1. The van der Waals surface area contributed by atoms with Gasteiger partial charge in [-0.1, -0.05) is 42.0 Å². The quantitative estimate of drug-likeness (QED) is 0.811. The first-order chi connectivity index (χ1) is 14.4. The second-order valence-electron chi connectivity index (χ2n) is 9.84. The van der Waals surface area contributed by atoms with Crippen LogP contribution in [0.15, 0.2) is 42.5 Å². The van der Waals surface area contributed by atoms with Crippen molar-refractivity contribution in [3.8, 4) is 0 Å². The molecule has 1 saturated heterocycles. The number of likely N-dealkylation sites (tertiary alicyclic amines) is 1. The molecule has 160 valence electrons. The molecule has 0 aromatic heterocycles. The Morgan fingerprint density at radius 2 is 1.87 bits per heavy atom. The summed E-state index contributed by atoms with van der Waals surface area (Å²) in [6, 6.07) is 15.9. The highest BCUT2D eigenvalue weighted by Gasteiger charge is 2.44. The van der Waals surface area contributed by atoms with Crippen LogP contribution in [0.2, 0.25) is 0 Å². The van der Waals surface area contributed by atoms with Crippen molar-refractivity contribution >= 4 is 11.4 Å². The summed E-state index contributed by atoms with van der Waals surface area (Å²) < 4.78 is 0. The van der Waals surface area contributed by atoms with E-state index in [1.807, 2.05) is 6.92 Å². The lowest BCUT2D eigenvalue weighted by atomic mass is 9.88. The number of aliphatic hydroxyl groups is 1. The first kappa shape index (κ1) is 19.9. The molecular weight excluding hydrogens is 370 g/mol. The first-order valence-corrected chi connectivity index (χ1v) is 11.6. The lowest BCUT2D eigenvalue weighted by molar-refractivity contribution is 0.0410. The zero-order valence-corrected chi connectivity index (χ0v) is 18.6. The van der Waals surface area contributed by atoms with Crippen LogP contribution in [0.4, 0.5) is 11.4 Å². The Morgan fingerprint density at radius 3 is 2.67 bits per heavy atom. The Kier molecular flexibility index (Phi) is 5.03. The topological polar surface area (TPSA) is 30.0 Å². The molecule has 0 radical (unpaired) electrons. The summed E-state index contributed by atoms with van der Waals surface area (Å²) in [5, 5.41) is 11.0. The number of aryl methyl sites for hydroxylation is 1. The van der Waals surface area contributed by atoms with Crippen molar-refractivity contribution in [2.75, 3.05) is 49.6 Å². The van der Waals surface area contributed by atoms with Crippen LogP contribution in [0, 0.1) is 6.92 Å². The second kappa shape index (κ2) is 7.58. The maximum Gasteiger partial charge on any atom is 0.0869 e. The zero-order valence-electron chi connectivity index (χ0n) is 18.6. The molecule has 0 saturated carbocycles. The van der Waals surface area contributed by atoms with Gasteiger partial charge in [0.2, 0.25) is 0 Å². The van der Waals surface area contributed by atoms with E-state index in [1.54, 1.807) is 5.56 Å². The third kappa shape index (κ3) is 3.40. The Morgan fingerprint density at radius 1 is 1.07 bits per heavy atom. The van der Waals surface area contributed by atoms with Gasteiger partial charge in [0.05, 0.1) is 17.0 Å². The van der Waals surface area contributed by atoms with Crippen molar-refractivity contribution in [1.82, 2.24) is 4.90 Å². The molecule has 0 aliphatic carbocycles. The van der Waals surface area contributed by atoms with E-state index in [1.165, 1.54) is 29.9 Å². The van der Waals surface area contributed by atoms with Gasteiger partial charge in [0.1, 0.15) is 0 Å². The number of benzene rings is 2. The second-order valence-corrected chi connectivity index (χ2v) is 9.84. The number of fused-ring (bicyclic) bond motifs is 3. The van der Waals surface area contributed by atoms with E-state index >= 15 is 0 Å². The molecule has 3 aliphatic rings. The van der Waals surface area contributed by atoms with Crippen molar-refractivity contribution < 1.29 is 5.11 Å². The van der Waals surface area contributed by atoms with Crippen LogP contribution in [0.1, 0.15) is 48.8 Å². The van der Waals surface area contributed by atoms with Gasteiger partial charge >= 0.3 is 0 Å². The molecule has 2 aromatic carbocycles. The van der Waals surface area contributed by atoms with Crippen molar-refractivity contribution in [2.24, 2.45) is 0 Å². The van der Waals surface area contributed by atoms with Crippen molar-refractivity contribution in [2.45, 2.75) is 50.7 Å². The molecule has 0 bridgehead atoms. The molecule has 1 N–H and O–H groups in total. The highest BCUT2D eigenvalue weighted by molar-refractivity contribution is 5.80. The fourth-order valence-corrected chi connectivity index (χ4v) is 5.88. The van der Waals surface area contributed by atoms with E-state index in [0.29, 0.717) is 12.0 Å². The number of hydrogen-bond acceptors (Lipinski definition) is 4. The maximum absolute atomic E-state index is 11.0. The van der Waals surface area contributed by atoms with Gasteiger partial charge in [0.15, 0.2) is 0 Å². The van der Waals surface area contributed by atoms with Crippen LogP contribution in [-0.4, -0.2) is 55.8 Å². The number of nitrogens with zero attached hydrogens (tertiary/aromatic N) is 3. The van der Waals surface area contributed by atoms with Crippen LogP contribution < -0.4 is 9.80 Å². The van der Waals surface area contributed by atoms with Gasteiger partial charge in [-0.2, -0.15) is 0 Å². The monoisotopic (exact) mass is 405 g/mol. The third-order valence-electron chi connectivity index (χ3n) is 7.69. The Hall–Kier alpha value is -2.04. The summed E-state index contributed by atoms with van der Waals surface area (Å²) in [5.41, 5.74) is 5.99. The predicted molar refractivity (Wildman–Crippen MR) is 125 cm³/mol. The number of rotatable bonds is 5. The number of anilines is 2. The lowest BCUT2D eigenvalue weighted by Crippen LogP contribution is -2.49. The van der Waals surface area contributed by atoms with Crippen LogP contribution in [-0.2, 0) is 5.60 Å². The summed E-state index contributed by atoms with van der Waals surface area (Å²) in [5.74, 6) is 0.623. The fraction of sp³-hybridized carbons (Fsp3) is 0.538. The molecule has 3 atom stereocenters. The minimum Gasteiger partial charge on any atom is -0.385 e. The normalized spacial score (nSPS) is 25.1. The average Bonchev–Trinajstić information content (AvgIpc) is 3.05. The standard InChI is InChI=1S/C26H35N3O/c1-19-8-10-20(11-9-19)26(2,30)13-5-14-28-15-12-23-22(18-28)21-6-4-7-24-25(21)29(23)17-16-27(24)3/h4,6-11,22-23,30H,5,12-18H2,1-3H3/t22-,23-,26?/m0/s1. The van der Waals surface area contributed by atoms with Crippen LogP contribution >= 0.6 is 0 Å². The van der Waals surface area contributed by atoms with Crippen LogP contribution in [0.3, 0.4) is 0 Å². The van der Waals surface area contributed by atoms with Crippen molar-refractivity contribution in [1.29, 1.82) is 0 Å². The maximum atomic E-state index is 11.0. The van der Waals surface area contributed by atoms with E-state index < -0.39 is 5.60 Å². The molecule has 1 fully saturated rings. The van der Waals surface area contributed by atoms with E-state index in [4.69, 9.17) is 0 Å². The molecular formula is C26H35N3O. The van der Waals surface area contributed by atoms with Gasteiger partial charge < -0.3 is 19.8 Å². The lowest BCUT2D eigenvalue weighted by Gasteiger charge is -2.41. The van der Waals surface area contributed by atoms with Crippen molar-refractivity contribution in [3.63, 3.8) is 0 Å². The molecule has 3 heterocycles. The van der Waals surface area contributed by atoms with Crippen LogP contribution in [0.5, 0.6) is 0 Å². The van der Waals surface area contributed by atoms with E-state index in [9.17, 15) is 5.11 Å². The van der Waals surface area contributed by atoms with Crippen molar-refractivity contribution in [3.05, 3.63) is 59.2 Å². The van der Waals surface area contributed by atoms with Crippen LogP contribution in [0.25, 0.3) is 0 Å². The number of likely N-dealkylation sites (N-methyl/N-ethyl adjacent to an activating group) is 1. The highest BCUT2D eigenvalue weighted by Crippen LogP contribution is 2.50. The predicted octanol–water partition coefficient (Wildman–Crippen LogP) is 4.11. The molecule has 1 unspecified atom stereocenters. The zero-order chi connectivity index (χ0) is 20.9. The molecule has 3 aliphatic heterocycles. The highest BCUT2D eigenvalue weighted by atomic mass is 16.3. The summed E-state index contributed by atoms with van der Waals surface area (Å²) in [4.78, 5) is 7.75. The molecule has 5 rings (SSSR count). The summed E-state index contributed by atoms with van der Waals surface area (Å²) in [6.45, 7) is 9.71. The Bertz CT molecular complexity index is 907. The van der Waals surface area contributed by atoms with Gasteiger partial charge in [-0.05, 0) is 56.8 Å². The number of piperidine rings is 1. The molecule has 0 spiro atoms. The minimum atomic E-state index is -0.749. The summed E-state index contributed by atoms with van der Waals surface area (Å²) >= 11 is 0. The third-order valence-corrected chi connectivity index (χ3v) is 7.69. The molecule has 0 amide bonds. The van der Waals surface area contributed by atoms with Gasteiger partial charge in [-0.15, -0.1) is 0 Å². The SMILES string of the molecule is Cc1ccc(C(C)(O)CCCN2CC[C@H]3[C@@H](C2)c2cccc4c2N3CCN4C)cc1. The summed E-state index contributed by atoms with van der Waals surface area (Å²) in [6.07, 6.45) is 3.08. The first-order valence-electron chi connectivity index (χ1n) is 11.6. The molecule has 30 heavy (non-hydrogen) atoms. The fourth-order valence-electron chi connectivity index (χ4n) is 5.88. The van der Waals surface area contributed by atoms with E-state index in [2.05, 4.69) is 71.1 Å². The smallest absolute Gasteiger partial charge is 0.0869 e. The largest absolute Gasteiger partial charge is 0.385 e. The molecule has 2 aromatic rings. The van der Waals surface area contributed by atoms with Gasteiger partial charge in [0, 0.05) is 45.2 Å². The Balaban J connectivity index is 1.23. The Labute approximate surface area is 181 Å². The molecule has 4 nitrogen and oxygen atoms in total. The molecule has 4 heteroatoms. The van der Waals surface area contributed by atoms with Gasteiger partial charge in [-0.25, -0.2) is 0 Å². The minimum absolute atomic E-state index is 0.623. The van der Waals surface area contributed by atoms with Gasteiger partial charge in [-0.3, -0.25) is 0 Å². The van der Waals surface area contributed by atoms with E-state index in [0.717, 1.165) is 44.6 Å².